The summed E-state index contributed by atoms with van der Waals surface area (Å²) in [5, 5.41) is 3.44. The van der Waals surface area contributed by atoms with Gasteiger partial charge < -0.3 is 10.1 Å². The molecule has 0 saturated heterocycles. The van der Waals surface area contributed by atoms with Crippen molar-refractivity contribution in [3.8, 4) is 5.75 Å². The molecule has 2 nitrogen and oxygen atoms in total. The van der Waals surface area contributed by atoms with E-state index < -0.39 is 0 Å². The van der Waals surface area contributed by atoms with E-state index in [1.165, 1.54) is 56.9 Å². The predicted octanol–water partition coefficient (Wildman–Crippen LogP) is 5.49. The maximum atomic E-state index is 5.59. The standard InChI is InChI=1S/C19H33NO/c1-4-6-7-8-9-10-11-15-19(20-3)17-13-12-14-18(16-17)21-5-2/h12-14,16,19-20H,4-11,15H2,1-3H3. The van der Waals surface area contributed by atoms with Crippen LogP contribution in [-0.4, -0.2) is 13.7 Å². The first-order valence-electron chi connectivity index (χ1n) is 8.71. The Kier molecular flexibility index (Phi) is 9.98. The van der Waals surface area contributed by atoms with Gasteiger partial charge in [-0.2, -0.15) is 0 Å². The number of unbranched alkanes of at least 4 members (excludes halogenated alkanes) is 6. The number of nitrogens with one attached hydrogen (secondary N) is 1. The summed E-state index contributed by atoms with van der Waals surface area (Å²) in [5.74, 6) is 0.981. The van der Waals surface area contributed by atoms with E-state index in [4.69, 9.17) is 4.74 Å². The first-order chi connectivity index (χ1) is 10.3. The molecule has 0 amide bonds. The van der Waals surface area contributed by atoms with Gasteiger partial charge in [-0.15, -0.1) is 0 Å². The minimum Gasteiger partial charge on any atom is -0.494 e. The summed E-state index contributed by atoms with van der Waals surface area (Å²) < 4.78 is 5.59. The average molecular weight is 291 g/mol. The van der Waals surface area contributed by atoms with Crippen LogP contribution in [0.1, 0.15) is 76.8 Å². The van der Waals surface area contributed by atoms with Crippen LogP contribution >= 0.6 is 0 Å². The zero-order chi connectivity index (χ0) is 15.3. The van der Waals surface area contributed by atoms with E-state index in [1.807, 2.05) is 13.0 Å². The molecule has 0 aliphatic rings. The van der Waals surface area contributed by atoms with E-state index in [0.717, 1.165) is 12.4 Å². The fourth-order valence-corrected chi connectivity index (χ4v) is 2.77. The van der Waals surface area contributed by atoms with Crippen molar-refractivity contribution in [2.75, 3.05) is 13.7 Å². The molecule has 0 spiro atoms. The topological polar surface area (TPSA) is 21.3 Å². The maximum Gasteiger partial charge on any atom is 0.119 e. The third-order valence-electron chi connectivity index (χ3n) is 4.02. The molecular weight excluding hydrogens is 258 g/mol. The predicted molar refractivity (Wildman–Crippen MR) is 92.0 cm³/mol. The van der Waals surface area contributed by atoms with E-state index in [-0.39, 0.29) is 0 Å². The molecule has 0 radical (unpaired) electrons. The van der Waals surface area contributed by atoms with Crippen molar-refractivity contribution < 1.29 is 4.74 Å². The molecule has 2 heteroatoms. The summed E-state index contributed by atoms with van der Waals surface area (Å²) >= 11 is 0. The number of benzene rings is 1. The summed E-state index contributed by atoms with van der Waals surface area (Å²) in [6.45, 7) is 5.03. The van der Waals surface area contributed by atoms with Crippen LogP contribution in [0, 0.1) is 0 Å². The highest BCUT2D eigenvalue weighted by Crippen LogP contribution is 2.23. The molecule has 1 unspecified atom stereocenters. The zero-order valence-electron chi connectivity index (χ0n) is 14.2. The van der Waals surface area contributed by atoms with Crippen LogP contribution < -0.4 is 10.1 Å². The molecule has 120 valence electrons. The monoisotopic (exact) mass is 291 g/mol. The molecule has 1 N–H and O–H groups in total. The van der Waals surface area contributed by atoms with Crippen LogP contribution in [0.5, 0.6) is 5.75 Å². The molecule has 1 aromatic carbocycles. The van der Waals surface area contributed by atoms with Crippen molar-refractivity contribution in [3.05, 3.63) is 29.8 Å². The Morgan fingerprint density at radius 1 is 1.00 bits per heavy atom. The Bertz CT molecular complexity index is 364. The second-order valence-corrected chi connectivity index (χ2v) is 5.76. The highest BCUT2D eigenvalue weighted by molar-refractivity contribution is 5.30. The summed E-state index contributed by atoms with van der Waals surface area (Å²) in [6, 6.07) is 8.95. The molecule has 0 aromatic heterocycles. The van der Waals surface area contributed by atoms with Crippen LogP contribution in [0.2, 0.25) is 0 Å². The van der Waals surface area contributed by atoms with E-state index in [1.54, 1.807) is 0 Å². The van der Waals surface area contributed by atoms with Gasteiger partial charge in [-0.3, -0.25) is 0 Å². The Balaban J connectivity index is 2.32. The Labute approximate surface area is 131 Å². The minimum atomic E-state index is 0.445. The number of ether oxygens (including phenoxy) is 1. The van der Waals surface area contributed by atoms with Crippen LogP contribution in [0.4, 0.5) is 0 Å². The van der Waals surface area contributed by atoms with Gasteiger partial charge in [0.15, 0.2) is 0 Å². The van der Waals surface area contributed by atoms with Gasteiger partial charge in [0.1, 0.15) is 5.75 Å². The smallest absolute Gasteiger partial charge is 0.119 e. The molecule has 0 heterocycles. The number of hydrogen-bond acceptors (Lipinski definition) is 2. The molecular formula is C19H33NO. The summed E-state index contributed by atoms with van der Waals surface area (Å²) in [7, 11) is 2.05. The van der Waals surface area contributed by atoms with Gasteiger partial charge in [0, 0.05) is 6.04 Å². The molecule has 0 saturated carbocycles. The molecule has 21 heavy (non-hydrogen) atoms. The van der Waals surface area contributed by atoms with E-state index in [2.05, 4.69) is 37.5 Å². The van der Waals surface area contributed by atoms with Gasteiger partial charge in [0.25, 0.3) is 0 Å². The van der Waals surface area contributed by atoms with Crippen LogP contribution in [0.15, 0.2) is 24.3 Å². The average Bonchev–Trinajstić information content (AvgIpc) is 2.51. The largest absolute Gasteiger partial charge is 0.494 e. The zero-order valence-corrected chi connectivity index (χ0v) is 14.2. The lowest BCUT2D eigenvalue weighted by Gasteiger charge is -2.17. The molecule has 0 aliphatic heterocycles. The molecule has 1 aromatic rings. The lowest BCUT2D eigenvalue weighted by atomic mass is 9.99. The Morgan fingerprint density at radius 2 is 1.71 bits per heavy atom. The fraction of sp³-hybridized carbons (Fsp3) is 0.684. The number of rotatable bonds is 12. The van der Waals surface area contributed by atoms with Crippen molar-refractivity contribution in [2.24, 2.45) is 0 Å². The lowest BCUT2D eigenvalue weighted by molar-refractivity contribution is 0.339. The first-order valence-corrected chi connectivity index (χ1v) is 8.71. The molecule has 0 fully saturated rings. The quantitative estimate of drug-likeness (QED) is 0.514. The van der Waals surface area contributed by atoms with Crippen molar-refractivity contribution >= 4 is 0 Å². The van der Waals surface area contributed by atoms with Crippen LogP contribution in [-0.2, 0) is 0 Å². The van der Waals surface area contributed by atoms with Crippen molar-refractivity contribution in [3.63, 3.8) is 0 Å². The van der Waals surface area contributed by atoms with Gasteiger partial charge in [-0.1, -0.05) is 64.0 Å². The molecule has 0 aliphatic carbocycles. The fourth-order valence-electron chi connectivity index (χ4n) is 2.77. The van der Waals surface area contributed by atoms with Gasteiger partial charge in [0.05, 0.1) is 6.61 Å². The molecule has 1 rings (SSSR count). The third-order valence-corrected chi connectivity index (χ3v) is 4.02. The first kappa shape index (κ1) is 18.0. The van der Waals surface area contributed by atoms with E-state index >= 15 is 0 Å². The van der Waals surface area contributed by atoms with Crippen molar-refractivity contribution in [1.82, 2.24) is 5.32 Å². The second kappa shape index (κ2) is 11.6. The van der Waals surface area contributed by atoms with Crippen LogP contribution in [0.25, 0.3) is 0 Å². The van der Waals surface area contributed by atoms with Crippen LogP contribution in [0.3, 0.4) is 0 Å². The molecule has 1 atom stereocenters. The highest BCUT2D eigenvalue weighted by atomic mass is 16.5. The number of hydrogen-bond donors (Lipinski definition) is 1. The maximum absolute atomic E-state index is 5.59. The summed E-state index contributed by atoms with van der Waals surface area (Å²) in [4.78, 5) is 0. The Hall–Kier alpha value is -1.02. The second-order valence-electron chi connectivity index (χ2n) is 5.76. The lowest BCUT2D eigenvalue weighted by Crippen LogP contribution is -2.16. The minimum absolute atomic E-state index is 0.445. The normalized spacial score (nSPS) is 12.3. The van der Waals surface area contributed by atoms with Gasteiger partial charge >= 0.3 is 0 Å². The van der Waals surface area contributed by atoms with Gasteiger partial charge in [0.2, 0.25) is 0 Å². The van der Waals surface area contributed by atoms with E-state index in [9.17, 15) is 0 Å². The Morgan fingerprint density at radius 3 is 2.38 bits per heavy atom. The van der Waals surface area contributed by atoms with Gasteiger partial charge in [-0.05, 0) is 38.1 Å². The van der Waals surface area contributed by atoms with E-state index in [0.29, 0.717) is 6.04 Å². The highest BCUT2D eigenvalue weighted by Gasteiger charge is 2.09. The van der Waals surface area contributed by atoms with Crippen molar-refractivity contribution in [1.29, 1.82) is 0 Å². The van der Waals surface area contributed by atoms with Gasteiger partial charge in [-0.25, -0.2) is 0 Å². The van der Waals surface area contributed by atoms with Crippen molar-refractivity contribution in [2.45, 2.75) is 71.3 Å². The summed E-state index contributed by atoms with van der Waals surface area (Å²) in [5.41, 5.74) is 1.34. The SMILES string of the molecule is CCCCCCCCCC(NC)c1cccc(OCC)c1. The molecule has 0 bridgehead atoms. The summed E-state index contributed by atoms with van der Waals surface area (Å²) in [6.07, 6.45) is 10.8. The third kappa shape index (κ3) is 7.52.